The number of nitrogens with one attached hydrogen (secondary N) is 1. The SMILES string of the molecule is C=CCc1cc(/C=N/NC(=O)CN2CCOCC2)cc(OC)c1OCC. The summed E-state index contributed by atoms with van der Waals surface area (Å²) in [6.07, 6.45) is 4.06. The average Bonchev–Trinajstić information content (AvgIpc) is 2.64. The Balaban J connectivity index is 2.02. The first-order valence-corrected chi connectivity index (χ1v) is 8.74. The quantitative estimate of drug-likeness (QED) is 0.411. The highest BCUT2D eigenvalue weighted by molar-refractivity contribution is 5.84. The highest BCUT2D eigenvalue weighted by atomic mass is 16.5. The summed E-state index contributed by atoms with van der Waals surface area (Å²) in [4.78, 5) is 14.0. The fourth-order valence-corrected chi connectivity index (χ4v) is 2.70. The zero-order valence-electron chi connectivity index (χ0n) is 15.5. The number of ether oxygens (including phenoxy) is 3. The third-order valence-electron chi connectivity index (χ3n) is 3.90. The molecule has 7 nitrogen and oxygen atoms in total. The van der Waals surface area contributed by atoms with E-state index in [0.29, 0.717) is 44.3 Å². The van der Waals surface area contributed by atoms with Gasteiger partial charge >= 0.3 is 0 Å². The molecule has 0 spiro atoms. The molecule has 0 bridgehead atoms. The summed E-state index contributed by atoms with van der Waals surface area (Å²) >= 11 is 0. The van der Waals surface area contributed by atoms with E-state index in [2.05, 4.69) is 17.1 Å². The summed E-state index contributed by atoms with van der Waals surface area (Å²) in [5.74, 6) is 1.20. The van der Waals surface area contributed by atoms with E-state index in [-0.39, 0.29) is 5.91 Å². The van der Waals surface area contributed by atoms with E-state index in [9.17, 15) is 4.79 Å². The highest BCUT2D eigenvalue weighted by Crippen LogP contribution is 2.33. The number of methoxy groups -OCH3 is 1. The Morgan fingerprint density at radius 1 is 1.42 bits per heavy atom. The average molecular weight is 361 g/mol. The van der Waals surface area contributed by atoms with E-state index in [4.69, 9.17) is 14.2 Å². The molecule has 0 aliphatic carbocycles. The number of rotatable bonds is 9. The van der Waals surface area contributed by atoms with E-state index >= 15 is 0 Å². The van der Waals surface area contributed by atoms with Gasteiger partial charge < -0.3 is 14.2 Å². The maximum Gasteiger partial charge on any atom is 0.254 e. The van der Waals surface area contributed by atoms with Crippen molar-refractivity contribution in [2.75, 3.05) is 46.6 Å². The molecule has 0 unspecified atom stereocenters. The first-order valence-electron chi connectivity index (χ1n) is 8.74. The van der Waals surface area contributed by atoms with Gasteiger partial charge in [0.2, 0.25) is 0 Å². The normalized spacial score (nSPS) is 15.0. The topological polar surface area (TPSA) is 72.4 Å². The van der Waals surface area contributed by atoms with Gasteiger partial charge in [-0.1, -0.05) is 6.08 Å². The molecular weight excluding hydrogens is 334 g/mol. The van der Waals surface area contributed by atoms with Crippen molar-refractivity contribution in [1.29, 1.82) is 0 Å². The number of hydrazone groups is 1. The number of morpholine rings is 1. The van der Waals surface area contributed by atoms with Gasteiger partial charge in [0.25, 0.3) is 5.91 Å². The molecule has 1 heterocycles. The van der Waals surface area contributed by atoms with E-state index in [1.165, 1.54) is 0 Å². The molecule has 0 saturated carbocycles. The largest absolute Gasteiger partial charge is 0.493 e. The molecule has 1 N–H and O–H groups in total. The van der Waals surface area contributed by atoms with Gasteiger partial charge in [0.1, 0.15) is 0 Å². The van der Waals surface area contributed by atoms with Crippen molar-refractivity contribution < 1.29 is 19.0 Å². The van der Waals surface area contributed by atoms with Crippen LogP contribution in [0.5, 0.6) is 11.5 Å². The zero-order chi connectivity index (χ0) is 18.8. The summed E-state index contributed by atoms with van der Waals surface area (Å²) in [6.45, 7) is 9.42. The van der Waals surface area contributed by atoms with E-state index < -0.39 is 0 Å². The van der Waals surface area contributed by atoms with Crippen LogP contribution in [0.2, 0.25) is 0 Å². The Bertz CT molecular complexity index is 640. The van der Waals surface area contributed by atoms with Crippen molar-refractivity contribution in [3.05, 3.63) is 35.9 Å². The standard InChI is InChI=1S/C19H27N3O4/c1-4-6-16-11-15(12-17(24-3)19(16)26-5-2)13-20-21-18(23)14-22-7-9-25-10-8-22/h4,11-13H,1,5-10,14H2,2-3H3,(H,21,23)/b20-13+. The van der Waals surface area contributed by atoms with Gasteiger partial charge in [0, 0.05) is 18.7 Å². The molecule has 1 aromatic rings. The lowest BCUT2D eigenvalue weighted by Gasteiger charge is -2.25. The summed E-state index contributed by atoms with van der Waals surface area (Å²) in [6, 6.07) is 3.78. The van der Waals surface area contributed by atoms with Gasteiger partial charge in [0.05, 0.1) is 39.7 Å². The van der Waals surface area contributed by atoms with Crippen molar-refractivity contribution in [3.63, 3.8) is 0 Å². The summed E-state index contributed by atoms with van der Waals surface area (Å²) in [5.41, 5.74) is 4.34. The molecule has 0 aromatic heterocycles. The molecule has 1 amide bonds. The fraction of sp³-hybridized carbons (Fsp3) is 0.474. The maximum absolute atomic E-state index is 12.0. The van der Waals surface area contributed by atoms with Gasteiger partial charge in [-0.25, -0.2) is 5.43 Å². The number of carbonyl (C=O) groups excluding carboxylic acids is 1. The van der Waals surface area contributed by atoms with Gasteiger partial charge in [-0.15, -0.1) is 6.58 Å². The van der Waals surface area contributed by atoms with E-state index in [1.807, 2.05) is 30.0 Å². The third-order valence-corrected chi connectivity index (χ3v) is 3.90. The predicted octanol–water partition coefficient (Wildman–Crippen LogP) is 1.60. The van der Waals surface area contributed by atoms with Crippen molar-refractivity contribution in [1.82, 2.24) is 10.3 Å². The molecule has 1 aliphatic rings. The molecule has 0 radical (unpaired) electrons. The van der Waals surface area contributed by atoms with Crippen LogP contribution >= 0.6 is 0 Å². The number of amides is 1. The Labute approximate surface area is 154 Å². The minimum atomic E-state index is -0.146. The van der Waals surface area contributed by atoms with Crippen molar-refractivity contribution in [3.8, 4) is 11.5 Å². The first-order chi connectivity index (χ1) is 12.7. The molecule has 0 atom stereocenters. The van der Waals surface area contributed by atoms with Crippen LogP contribution in [-0.2, 0) is 16.0 Å². The van der Waals surface area contributed by atoms with Crippen LogP contribution in [0, 0.1) is 0 Å². The third kappa shape index (κ3) is 5.86. The van der Waals surface area contributed by atoms with Crippen molar-refractivity contribution in [2.24, 2.45) is 5.10 Å². The maximum atomic E-state index is 12.0. The second-order valence-electron chi connectivity index (χ2n) is 5.82. The number of benzene rings is 1. The van der Waals surface area contributed by atoms with Gasteiger partial charge in [-0.2, -0.15) is 5.10 Å². The number of hydrogen-bond donors (Lipinski definition) is 1. The van der Waals surface area contributed by atoms with Crippen LogP contribution in [0.25, 0.3) is 0 Å². The van der Waals surface area contributed by atoms with Crippen LogP contribution in [0.3, 0.4) is 0 Å². The Hall–Kier alpha value is -2.38. The zero-order valence-corrected chi connectivity index (χ0v) is 15.5. The van der Waals surface area contributed by atoms with E-state index in [0.717, 1.165) is 24.2 Å². The fourth-order valence-electron chi connectivity index (χ4n) is 2.70. The number of allylic oxidation sites excluding steroid dienone is 1. The lowest BCUT2D eigenvalue weighted by molar-refractivity contribution is -0.123. The molecule has 1 fully saturated rings. The molecule has 2 rings (SSSR count). The molecule has 1 saturated heterocycles. The van der Waals surface area contributed by atoms with Crippen LogP contribution in [0.1, 0.15) is 18.1 Å². The first kappa shape index (κ1) is 19.9. The number of nitrogens with zero attached hydrogens (tertiary/aromatic N) is 2. The highest BCUT2D eigenvalue weighted by Gasteiger charge is 2.14. The smallest absolute Gasteiger partial charge is 0.254 e. The second kappa shape index (κ2) is 10.6. The van der Waals surface area contributed by atoms with Gasteiger partial charge in [0.15, 0.2) is 11.5 Å². The van der Waals surface area contributed by atoms with Crippen LogP contribution in [0.4, 0.5) is 0 Å². The summed E-state index contributed by atoms with van der Waals surface area (Å²) in [5, 5.41) is 4.05. The Morgan fingerprint density at radius 3 is 2.85 bits per heavy atom. The second-order valence-corrected chi connectivity index (χ2v) is 5.82. The lowest BCUT2D eigenvalue weighted by atomic mass is 10.1. The molecule has 26 heavy (non-hydrogen) atoms. The predicted molar refractivity (Wildman–Crippen MR) is 101 cm³/mol. The molecule has 142 valence electrons. The van der Waals surface area contributed by atoms with E-state index in [1.54, 1.807) is 13.3 Å². The Morgan fingerprint density at radius 2 is 2.19 bits per heavy atom. The molecule has 7 heteroatoms. The minimum Gasteiger partial charge on any atom is -0.493 e. The minimum absolute atomic E-state index is 0.146. The molecule has 1 aliphatic heterocycles. The summed E-state index contributed by atoms with van der Waals surface area (Å²) < 4.78 is 16.4. The lowest BCUT2D eigenvalue weighted by Crippen LogP contribution is -2.42. The van der Waals surface area contributed by atoms with Crippen LogP contribution in [-0.4, -0.2) is 63.6 Å². The van der Waals surface area contributed by atoms with Crippen LogP contribution < -0.4 is 14.9 Å². The van der Waals surface area contributed by atoms with Crippen LogP contribution in [0.15, 0.2) is 29.9 Å². The Kier molecular flexibility index (Phi) is 8.11. The van der Waals surface area contributed by atoms with Gasteiger partial charge in [-0.3, -0.25) is 9.69 Å². The summed E-state index contributed by atoms with van der Waals surface area (Å²) in [7, 11) is 1.60. The van der Waals surface area contributed by atoms with Crippen molar-refractivity contribution >= 4 is 12.1 Å². The molecule has 1 aromatic carbocycles. The van der Waals surface area contributed by atoms with Gasteiger partial charge in [-0.05, 0) is 31.0 Å². The monoisotopic (exact) mass is 361 g/mol. The molecular formula is C19H27N3O4. The van der Waals surface area contributed by atoms with Crippen molar-refractivity contribution in [2.45, 2.75) is 13.3 Å². The number of hydrogen-bond acceptors (Lipinski definition) is 6. The number of carbonyl (C=O) groups is 1.